The van der Waals surface area contributed by atoms with Crippen LogP contribution >= 0.6 is 12.4 Å². The lowest BCUT2D eigenvalue weighted by Crippen LogP contribution is -2.32. The van der Waals surface area contributed by atoms with E-state index in [1.807, 2.05) is 30.0 Å². The van der Waals surface area contributed by atoms with Gasteiger partial charge in [-0.2, -0.15) is 5.10 Å². The molecule has 2 N–H and O–H groups in total. The maximum atomic E-state index is 13.2. The van der Waals surface area contributed by atoms with Gasteiger partial charge in [0, 0.05) is 25.0 Å². The van der Waals surface area contributed by atoms with Crippen molar-refractivity contribution in [3.8, 4) is 5.69 Å². The number of likely N-dealkylation sites (tertiary alicyclic amines) is 1. The van der Waals surface area contributed by atoms with Crippen LogP contribution in [-0.2, 0) is 6.42 Å². The van der Waals surface area contributed by atoms with Gasteiger partial charge >= 0.3 is 0 Å². The summed E-state index contributed by atoms with van der Waals surface area (Å²) >= 11 is 0. The Bertz CT molecular complexity index is 974. The van der Waals surface area contributed by atoms with Gasteiger partial charge in [0.05, 0.1) is 23.1 Å². The van der Waals surface area contributed by atoms with Crippen molar-refractivity contribution in [2.45, 2.75) is 25.3 Å². The van der Waals surface area contributed by atoms with Gasteiger partial charge in [-0.05, 0) is 36.2 Å². The molecule has 29 heavy (non-hydrogen) atoms. The summed E-state index contributed by atoms with van der Waals surface area (Å²) in [4.78, 5) is 15.0. The first-order valence-electron chi connectivity index (χ1n) is 9.51. The van der Waals surface area contributed by atoms with Crippen molar-refractivity contribution in [3.05, 3.63) is 83.4 Å². The largest absolute Gasteiger partial charge is 0.336 e. The van der Waals surface area contributed by atoms with E-state index >= 15 is 0 Å². The van der Waals surface area contributed by atoms with E-state index < -0.39 is 0 Å². The van der Waals surface area contributed by atoms with Crippen molar-refractivity contribution in [2.24, 2.45) is 5.73 Å². The van der Waals surface area contributed by atoms with E-state index in [1.54, 1.807) is 23.0 Å². The summed E-state index contributed by atoms with van der Waals surface area (Å²) in [7, 11) is 0. The van der Waals surface area contributed by atoms with Crippen LogP contribution in [0.15, 0.2) is 60.8 Å². The summed E-state index contributed by atoms with van der Waals surface area (Å²) in [5.74, 6) is -0.232. The number of amides is 1. The van der Waals surface area contributed by atoms with Crippen molar-refractivity contribution in [1.29, 1.82) is 0 Å². The Hall–Kier alpha value is -2.70. The number of hydrogen-bond acceptors (Lipinski definition) is 3. The molecule has 2 atom stereocenters. The first-order chi connectivity index (χ1) is 13.6. The lowest BCUT2D eigenvalue weighted by Gasteiger charge is -2.17. The molecule has 2 aromatic carbocycles. The molecule has 7 heteroatoms. The van der Waals surface area contributed by atoms with Crippen LogP contribution in [0.25, 0.3) is 5.69 Å². The fourth-order valence-corrected chi connectivity index (χ4v) is 3.92. The number of halogens is 2. The lowest BCUT2D eigenvalue weighted by atomic mass is 9.95. The van der Waals surface area contributed by atoms with Gasteiger partial charge in [-0.25, -0.2) is 9.07 Å². The molecule has 1 saturated heterocycles. The molecular formula is C22H24ClFN4O. The van der Waals surface area contributed by atoms with Crippen molar-refractivity contribution in [2.75, 3.05) is 13.1 Å². The molecule has 0 saturated carbocycles. The molecule has 1 aliphatic heterocycles. The molecule has 1 aromatic heterocycles. The lowest BCUT2D eigenvalue weighted by molar-refractivity contribution is 0.0788. The van der Waals surface area contributed by atoms with Gasteiger partial charge in [0.15, 0.2) is 0 Å². The monoisotopic (exact) mass is 414 g/mol. The second-order valence-electron chi connectivity index (χ2n) is 7.14. The zero-order valence-corrected chi connectivity index (χ0v) is 17.0. The molecule has 1 fully saturated rings. The van der Waals surface area contributed by atoms with Crippen LogP contribution in [0.1, 0.15) is 34.5 Å². The third-order valence-corrected chi connectivity index (χ3v) is 5.39. The van der Waals surface area contributed by atoms with Gasteiger partial charge in [0.1, 0.15) is 5.82 Å². The number of benzene rings is 2. The average molecular weight is 415 g/mol. The summed E-state index contributed by atoms with van der Waals surface area (Å²) in [6.45, 7) is 3.09. The first kappa shape index (κ1) is 21.0. The first-order valence-corrected chi connectivity index (χ1v) is 9.51. The molecule has 5 nitrogen and oxygen atoms in total. The molecule has 0 radical (unpaired) electrons. The van der Waals surface area contributed by atoms with Gasteiger partial charge in [-0.1, -0.05) is 37.3 Å². The minimum atomic E-state index is -0.303. The summed E-state index contributed by atoms with van der Waals surface area (Å²) in [5, 5.41) is 4.39. The number of hydrogen-bond donors (Lipinski definition) is 1. The van der Waals surface area contributed by atoms with E-state index in [0.717, 1.165) is 16.9 Å². The molecule has 152 valence electrons. The summed E-state index contributed by atoms with van der Waals surface area (Å²) in [6, 6.07) is 16.1. The van der Waals surface area contributed by atoms with Gasteiger partial charge < -0.3 is 10.6 Å². The highest BCUT2D eigenvalue weighted by Gasteiger charge is 2.35. The van der Waals surface area contributed by atoms with E-state index in [2.05, 4.69) is 17.2 Å². The predicted molar refractivity (Wildman–Crippen MR) is 113 cm³/mol. The van der Waals surface area contributed by atoms with Gasteiger partial charge in [0.25, 0.3) is 5.91 Å². The second kappa shape index (κ2) is 8.76. The van der Waals surface area contributed by atoms with Crippen LogP contribution in [0, 0.1) is 5.82 Å². The molecule has 0 unspecified atom stereocenters. The Morgan fingerprint density at radius 2 is 1.83 bits per heavy atom. The Kier molecular flexibility index (Phi) is 6.35. The maximum Gasteiger partial charge on any atom is 0.257 e. The van der Waals surface area contributed by atoms with Crippen LogP contribution in [0.5, 0.6) is 0 Å². The van der Waals surface area contributed by atoms with Gasteiger partial charge in [-0.3, -0.25) is 4.79 Å². The van der Waals surface area contributed by atoms with Crippen LogP contribution in [0.3, 0.4) is 0 Å². The van der Waals surface area contributed by atoms with Gasteiger partial charge in [0.2, 0.25) is 0 Å². The fraction of sp³-hybridized carbons (Fsp3) is 0.273. The summed E-state index contributed by atoms with van der Waals surface area (Å²) in [5.41, 5.74) is 9.63. The molecule has 0 spiro atoms. The Morgan fingerprint density at radius 1 is 1.14 bits per heavy atom. The number of carbonyl (C=O) groups excluding carboxylic acids is 1. The van der Waals surface area contributed by atoms with E-state index in [4.69, 9.17) is 5.73 Å². The molecule has 4 rings (SSSR count). The molecule has 2 heterocycles. The number of rotatable bonds is 4. The Labute approximate surface area is 175 Å². The zero-order chi connectivity index (χ0) is 19.7. The minimum absolute atomic E-state index is 0. The molecule has 0 aliphatic carbocycles. The molecular weight excluding hydrogens is 391 g/mol. The Morgan fingerprint density at radius 3 is 2.48 bits per heavy atom. The summed E-state index contributed by atoms with van der Waals surface area (Å²) in [6.07, 6.45) is 2.24. The molecule has 0 bridgehead atoms. The topological polar surface area (TPSA) is 64.2 Å². The van der Waals surface area contributed by atoms with Gasteiger partial charge in [-0.15, -0.1) is 12.4 Å². The molecule has 3 aromatic rings. The average Bonchev–Trinajstić information content (AvgIpc) is 3.32. The molecule has 1 aliphatic rings. The Balaban J connectivity index is 0.00000240. The normalized spacial score (nSPS) is 18.5. The van der Waals surface area contributed by atoms with Crippen LogP contribution < -0.4 is 5.73 Å². The predicted octanol–water partition coefficient (Wildman–Crippen LogP) is 3.56. The number of nitrogens with two attached hydrogens (primary N) is 1. The minimum Gasteiger partial charge on any atom is -0.336 e. The number of carbonyl (C=O) groups is 1. The highest BCUT2D eigenvalue weighted by molar-refractivity contribution is 5.95. The zero-order valence-electron chi connectivity index (χ0n) is 16.2. The number of aromatic nitrogens is 2. The van der Waals surface area contributed by atoms with Crippen molar-refractivity contribution >= 4 is 18.3 Å². The maximum absolute atomic E-state index is 13.2. The summed E-state index contributed by atoms with van der Waals surface area (Å²) < 4.78 is 14.9. The van der Waals surface area contributed by atoms with Crippen molar-refractivity contribution < 1.29 is 9.18 Å². The van der Waals surface area contributed by atoms with E-state index in [1.165, 1.54) is 12.1 Å². The van der Waals surface area contributed by atoms with Crippen molar-refractivity contribution in [1.82, 2.24) is 14.7 Å². The van der Waals surface area contributed by atoms with Crippen LogP contribution in [-0.4, -0.2) is 39.7 Å². The highest BCUT2D eigenvalue weighted by Crippen LogP contribution is 2.28. The highest BCUT2D eigenvalue weighted by atomic mass is 35.5. The smallest absolute Gasteiger partial charge is 0.257 e. The third-order valence-electron chi connectivity index (χ3n) is 5.39. The van der Waals surface area contributed by atoms with E-state index in [-0.39, 0.29) is 36.1 Å². The molecule has 1 amide bonds. The fourth-order valence-electron chi connectivity index (χ4n) is 3.92. The quantitative estimate of drug-likeness (QED) is 0.709. The SMILES string of the molecule is CCc1c(C(=O)N2C[C@@H](N)[C@H](c3ccccc3)C2)cnn1-c1ccc(F)cc1.Cl. The second-order valence-corrected chi connectivity index (χ2v) is 7.14. The van der Waals surface area contributed by atoms with Crippen LogP contribution in [0.2, 0.25) is 0 Å². The number of nitrogens with zero attached hydrogens (tertiary/aromatic N) is 3. The van der Waals surface area contributed by atoms with Crippen molar-refractivity contribution in [3.63, 3.8) is 0 Å². The third kappa shape index (κ3) is 4.04. The van der Waals surface area contributed by atoms with E-state index in [0.29, 0.717) is 25.1 Å². The van der Waals surface area contributed by atoms with E-state index in [9.17, 15) is 9.18 Å². The van der Waals surface area contributed by atoms with Crippen LogP contribution in [0.4, 0.5) is 4.39 Å². The standard InChI is InChI=1S/C22H23FN4O.ClH/c1-2-21-18(12-25-27(21)17-10-8-16(23)9-11-17)22(28)26-13-19(20(24)14-26)15-6-4-3-5-7-15;/h3-12,19-20H,2,13-14,24H2,1H3;1H/t19-,20+;/m0./s1.